The molecule has 0 saturated carbocycles. The fourth-order valence-corrected chi connectivity index (χ4v) is 5.77. The van der Waals surface area contributed by atoms with E-state index in [1.807, 2.05) is 54.9 Å². The first-order valence-corrected chi connectivity index (χ1v) is 12.1. The van der Waals surface area contributed by atoms with Gasteiger partial charge in [-0.25, -0.2) is 9.78 Å². The van der Waals surface area contributed by atoms with Crippen LogP contribution in [0.15, 0.2) is 48.0 Å². The largest absolute Gasteiger partial charge is 0.483 e. The minimum atomic E-state index is -0.821. The number of aryl methyl sites for hydroxylation is 1. The highest BCUT2D eigenvalue weighted by Gasteiger charge is 2.24. The van der Waals surface area contributed by atoms with Crippen LogP contribution >= 0.6 is 22.7 Å². The molecular weight excluding hydrogens is 458 g/mol. The van der Waals surface area contributed by atoms with Crippen molar-refractivity contribution < 1.29 is 19.1 Å². The molecule has 0 aliphatic heterocycles. The molecular formula is C24H21N3O4S2. The molecule has 5 rings (SSSR count). The zero-order valence-electron chi connectivity index (χ0n) is 18.0. The molecule has 0 bridgehead atoms. The van der Waals surface area contributed by atoms with E-state index in [4.69, 9.17) is 9.47 Å². The maximum Gasteiger partial charge on any atom is 0.328 e. The second-order valence-corrected chi connectivity index (χ2v) is 9.76. The number of ether oxygens (including phenoxy) is 2. The van der Waals surface area contributed by atoms with Crippen LogP contribution in [0, 0.1) is 6.92 Å². The number of aromatic nitrogens is 2. The number of rotatable bonds is 7. The van der Waals surface area contributed by atoms with E-state index >= 15 is 0 Å². The highest BCUT2D eigenvalue weighted by Crippen LogP contribution is 2.38. The maximum absolute atomic E-state index is 12.7. The fourth-order valence-electron chi connectivity index (χ4n) is 3.94. The smallest absolute Gasteiger partial charge is 0.328 e. The second-order valence-electron chi connectivity index (χ2n) is 7.61. The number of H-pyrrole nitrogens is 1. The SMILES string of the molecule is COC(=O)[C@@H](Cc1c[nH]c2ccccc12)NC(=O)COc1cc2sc(C)nc2c2sccc12. The van der Waals surface area contributed by atoms with Crippen molar-refractivity contribution in [1.82, 2.24) is 15.3 Å². The van der Waals surface area contributed by atoms with Gasteiger partial charge >= 0.3 is 5.97 Å². The van der Waals surface area contributed by atoms with E-state index in [2.05, 4.69) is 15.3 Å². The predicted octanol–water partition coefficient (Wildman–Crippen LogP) is 4.58. The van der Waals surface area contributed by atoms with Crippen molar-refractivity contribution in [3.63, 3.8) is 0 Å². The highest BCUT2D eigenvalue weighted by atomic mass is 32.1. The molecule has 0 saturated heterocycles. The molecule has 3 aromatic heterocycles. The lowest BCUT2D eigenvalue weighted by Gasteiger charge is -2.17. The van der Waals surface area contributed by atoms with Crippen LogP contribution in [-0.2, 0) is 20.7 Å². The third-order valence-electron chi connectivity index (χ3n) is 5.45. The summed E-state index contributed by atoms with van der Waals surface area (Å²) in [5.41, 5.74) is 2.86. The molecule has 2 N–H and O–H groups in total. The van der Waals surface area contributed by atoms with Gasteiger partial charge in [-0.3, -0.25) is 4.79 Å². The van der Waals surface area contributed by atoms with Crippen molar-refractivity contribution in [1.29, 1.82) is 0 Å². The lowest BCUT2D eigenvalue weighted by atomic mass is 10.0. The first-order valence-electron chi connectivity index (χ1n) is 10.4. The maximum atomic E-state index is 12.7. The summed E-state index contributed by atoms with van der Waals surface area (Å²) in [6.07, 6.45) is 2.16. The minimum absolute atomic E-state index is 0.213. The van der Waals surface area contributed by atoms with Crippen molar-refractivity contribution >= 4 is 65.8 Å². The zero-order chi connectivity index (χ0) is 22.9. The number of para-hydroxylation sites is 1. The van der Waals surface area contributed by atoms with Crippen LogP contribution in [0.2, 0.25) is 0 Å². The molecule has 5 aromatic rings. The molecule has 0 unspecified atom stereocenters. The van der Waals surface area contributed by atoms with Crippen LogP contribution in [0.25, 0.3) is 31.2 Å². The number of nitrogens with zero attached hydrogens (tertiary/aromatic N) is 1. The monoisotopic (exact) mass is 479 g/mol. The Balaban J connectivity index is 1.32. The van der Waals surface area contributed by atoms with Crippen LogP contribution in [0.1, 0.15) is 10.6 Å². The molecule has 0 fully saturated rings. The quantitative estimate of drug-likeness (QED) is 0.333. The average Bonchev–Trinajstić information content (AvgIpc) is 3.54. The Hall–Kier alpha value is -3.43. The number of carbonyl (C=O) groups is 2. The lowest BCUT2D eigenvalue weighted by Crippen LogP contribution is -2.44. The number of hydrogen-bond donors (Lipinski definition) is 2. The lowest BCUT2D eigenvalue weighted by molar-refractivity contribution is -0.145. The van der Waals surface area contributed by atoms with Gasteiger partial charge in [0.05, 0.1) is 27.0 Å². The van der Waals surface area contributed by atoms with Gasteiger partial charge in [-0.05, 0) is 30.0 Å². The van der Waals surface area contributed by atoms with Crippen LogP contribution in [0.4, 0.5) is 0 Å². The van der Waals surface area contributed by atoms with Crippen LogP contribution in [0.5, 0.6) is 5.75 Å². The summed E-state index contributed by atoms with van der Waals surface area (Å²) in [6.45, 7) is 1.76. The van der Waals surface area contributed by atoms with Gasteiger partial charge in [0.2, 0.25) is 0 Å². The van der Waals surface area contributed by atoms with Crippen molar-refractivity contribution in [3.8, 4) is 5.75 Å². The number of benzene rings is 2. The molecule has 7 nitrogen and oxygen atoms in total. The van der Waals surface area contributed by atoms with E-state index < -0.39 is 17.9 Å². The van der Waals surface area contributed by atoms with Gasteiger partial charge in [0.25, 0.3) is 5.91 Å². The molecule has 0 spiro atoms. The Bertz CT molecular complexity index is 1480. The van der Waals surface area contributed by atoms with E-state index in [9.17, 15) is 9.59 Å². The molecule has 1 atom stereocenters. The summed E-state index contributed by atoms with van der Waals surface area (Å²) in [6, 6.07) is 10.9. The van der Waals surface area contributed by atoms with E-state index in [0.717, 1.165) is 41.8 Å². The van der Waals surface area contributed by atoms with Crippen LogP contribution in [-0.4, -0.2) is 41.6 Å². The molecule has 3 heterocycles. The number of thiazole rings is 1. The highest BCUT2D eigenvalue weighted by molar-refractivity contribution is 7.21. The van der Waals surface area contributed by atoms with Gasteiger partial charge in [-0.1, -0.05) is 18.2 Å². The molecule has 33 heavy (non-hydrogen) atoms. The summed E-state index contributed by atoms with van der Waals surface area (Å²) in [5, 5.41) is 7.66. The van der Waals surface area contributed by atoms with Gasteiger partial charge in [-0.15, -0.1) is 22.7 Å². The number of aromatic amines is 1. The summed E-state index contributed by atoms with van der Waals surface area (Å²) < 4.78 is 12.9. The van der Waals surface area contributed by atoms with Crippen molar-refractivity contribution in [2.75, 3.05) is 13.7 Å². The molecule has 0 radical (unpaired) electrons. The van der Waals surface area contributed by atoms with Crippen molar-refractivity contribution in [2.45, 2.75) is 19.4 Å². The minimum Gasteiger partial charge on any atom is -0.483 e. The number of thiophene rings is 1. The van der Waals surface area contributed by atoms with E-state index in [-0.39, 0.29) is 6.61 Å². The molecule has 9 heteroatoms. The predicted molar refractivity (Wildman–Crippen MR) is 131 cm³/mol. The molecule has 168 valence electrons. The van der Waals surface area contributed by atoms with Gasteiger partial charge in [0.15, 0.2) is 6.61 Å². The van der Waals surface area contributed by atoms with Gasteiger partial charge in [0.1, 0.15) is 11.8 Å². The number of nitrogens with one attached hydrogen (secondary N) is 2. The Morgan fingerprint density at radius 2 is 2.06 bits per heavy atom. The van der Waals surface area contributed by atoms with Crippen molar-refractivity contribution in [2.24, 2.45) is 0 Å². The summed E-state index contributed by atoms with van der Waals surface area (Å²) in [5.74, 6) is -0.270. The molecule has 0 aliphatic rings. The Kier molecular flexibility index (Phi) is 5.74. The fraction of sp³-hybridized carbons (Fsp3) is 0.208. The number of methoxy groups -OCH3 is 1. The number of hydrogen-bond acceptors (Lipinski definition) is 7. The Labute approximate surface area is 197 Å². The van der Waals surface area contributed by atoms with Crippen molar-refractivity contribution in [3.05, 3.63) is 58.5 Å². The number of amides is 1. The first kappa shape index (κ1) is 21.4. The Morgan fingerprint density at radius 3 is 2.91 bits per heavy atom. The first-order chi connectivity index (χ1) is 16.0. The topological polar surface area (TPSA) is 93.3 Å². The Morgan fingerprint density at radius 1 is 1.21 bits per heavy atom. The van der Waals surface area contributed by atoms with Gasteiger partial charge in [0, 0.05) is 35.0 Å². The van der Waals surface area contributed by atoms with Crippen LogP contribution in [0.3, 0.4) is 0 Å². The average molecular weight is 480 g/mol. The molecule has 2 aromatic carbocycles. The van der Waals surface area contributed by atoms with E-state index in [0.29, 0.717) is 12.2 Å². The summed E-state index contributed by atoms with van der Waals surface area (Å²) >= 11 is 3.19. The van der Waals surface area contributed by atoms with Gasteiger partial charge in [-0.2, -0.15) is 0 Å². The molecule has 0 aliphatic carbocycles. The normalized spacial score (nSPS) is 12.3. The summed E-state index contributed by atoms with van der Waals surface area (Å²) in [7, 11) is 1.31. The third-order valence-corrected chi connectivity index (χ3v) is 7.29. The third kappa shape index (κ3) is 4.17. The van der Waals surface area contributed by atoms with Gasteiger partial charge < -0.3 is 19.8 Å². The van der Waals surface area contributed by atoms with Crippen LogP contribution < -0.4 is 10.1 Å². The summed E-state index contributed by atoms with van der Waals surface area (Å²) in [4.78, 5) is 32.9. The number of carbonyl (C=O) groups excluding carboxylic acids is 2. The number of fused-ring (bicyclic) bond motifs is 4. The molecule has 1 amide bonds. The zero-order valence-corrected chi connectivity index (χ0v) is 19.6. The van der Waals surface area contributed by atoms with E-state index in [1.54, 1.807) is 22.7 Å². The second kappa shape index (κ2) is 8.84. The standard InChI is InChI=1S/C24H21N3O4S2/c1-13-26-22-20(33-13)10-19(16-7-8-32-23(16)22)31-12-21(28)27-18(24(29)30-2)9-14-11-25-17-6-4-3-5-15(14)17/h3-8,10-11,18,25H,9,12H2,1-2H3,(H,27,28)/t18-/m1/s1. The van der Waals surface area contributed by atoms with E-state index in [1.165, 1.54) is 7.11 Å². The number of esters is 1.